The highest BCUT2D eigenvalue weighted by molar-refractivity contribution is 4.92. The molecule has 1 rings (SSSR count). The molecule has 0 aromatic heterocycles. The first-order valence-electron chi connectivity index (χ1n) is 6.38. The molecule has 0 radical (unpaired) electrons. The lowest BCUT2D eigenvalue weighted by Crippen LogP contribution is -2.45. The molecule has 1 aliphatic rings. The van der Waals surface area contributed by atoms with E-state index < -0.39 is 0 Å². The Morgan fingerprint density at radius 1 is 1.47 bits per heavy atom. The van der Waals surface area contributed by atoms with Gasteiger partial charge in [-0.15, -0.1) is 0 Å². The fourth-order valence-corrected chi connectivity index (χ4v) is 3.02. The third-order valence-corrected chi connectivity index (χ3v) is 3.93. The van der Waals surface area contributed by atoms with E-state index in [0.717, 1.165) is 25.2 Å². The number of nitrogens with two attached hydrogens (primary N) is 1. The van der Waals surface area contributed by atoms with E-state index >= 15 is 0 Å². The Balaban J connectivity index is 2.65. The number of aliphatic hydroxyl groups is 1. The van der Waals surface area contributed by atoms with E-state index in [9.17, 15) is 5.11 Å². The van der Waals surface area contributed by atoms with Crippen LogP contribution < -0.4 is 5.73 Å². The van der Waals surface area contributed by atoms with Gasteiger partial charge >= 0.3 is 0 Å². The van der Waals surface area contributed by atoms with Crippen LogP contribution in [0.4, 0.5) is 0 Å². The first kappa shape index (κ1) is 13.0. The van der Waals surface area contributed by atoms with Crippen LogP contribution in [0, 0.1) is 17.3 Å². The minimum atomic E-state index is -0.203. The Hall–Kier alpha value is -0.0800. The fourth-order valence-electron chi connectivity index (χ4n) is 3.02. The zero-order chi connectivity index (χ0) is 11.5. The lowest BCUT2D eigenvalue weighted by atomic mass is 9.65. The number of rotatable bonds is 4. The standard InChI is InChI=1S/C13H27NO/c1-10(2)7-12(15)13(9-14)6-4-5-11(3)8-13/h10-12,15H,4-9,14H2,1-3H3. The molecule has 0 aromatic rings. The fraction of sp³-hybridized carbons (Fsp3) is 1.00. The Kier molecular flexibility index (Phi) is 4.60. The minimum absolute atomic E-state index is 0.0158. The molecule has 1 saturated carbocycles. The maximum absolute atomic E-state index is 10.3. The van der Waals surface area contributed by atoms with E-state index in [0.29, 0.717) is 12.5 Å². The van der Waals surface area contributed by atoms with Crippen molar-refractivity contribution in [1.82, 2.24) is 0 Å². The van der Waals surface area contributed by atoms with E-state index in [1.807, 2.05) is 0 Å². The molecule has 0 bridgehead atoms. The molecular weight excluding hydrogens is 186 g/mol. The molecule has 3 N–H and O–H groups in total. The molecule has 2 heteroatoms. The Morgan fingerprint density at radius 3 is 2.60 bits per heavy atom. The minimum Gasteiger partial charge on any atom is -0.392 e. The molecule has 1 fully saturated rings. The van der Waals surface area contributed by atoms with Crippen LogP contribution in [-0.4, -0.2) is 17.8 Å². The van der Waals surface area contributed by atoms with Gasteiger partial charge in [0.15, 0.2) is 0 Å². The summed E-state index contributed by atoms with van der Waals surface area (Å²) in [6.45, 7) is 7.26. The summed E-state index contributed by atoms with van der Waals surface area (Å²) in [5.74, 6) is 1.28. The van der Waals surface area contributed by atoms with Crippen molar-refractivity contribution < 1.29 is 5.11 Å². The van der Waals surface area contributed by atoms with Gasteiger partial charge in [0.25, 0.3) is 0 Å². The van der Waals surface area contributed by atoms with Gasteiger partial charge < -0.3 is 10.8 Å². The van der Waals surface area contributed by atoms with Crippen LogP contribution >= 0.6 is 0 Å². The van der Waals surface area contributed by atoms with Gasteiger partial charge in [0.2, 0.25) is 0 Å². The maximum atomic E-state index is 10.3. The van der Waals surface area contributed by atoms with Crippen molar-refractivity contribution in [2.24, 2.45) is 23.0 Å². The number of hydrogen-bond donors (Lipinski definition) is 2. The monoisotopic (exact) mass is 213 g/mol. The average molecular weight is 213 g/mol. The molecule has 0 spiro atoms. The molecule has 1 aliphatic carbocycles. The molecule has 15 heavy (non-hydrogen) atoms. The largest absolute Gasteiger partial charge is 0.392 e. The first-order chi connectivity index (χ1) is 7.00. The molecular formula is C13H27NO. The van der Waals surface area contributed by atoms with Gasteiger partial charge in [0.05, 0.1) is 6.10 Å². The highest BCUT2D eigenvalue weighted by Crippen LogP contribution is 2.42. The van der Waals surface area contributed by atoms with Crippen molar-refractivity contribution in [3.05, 3.63) is 0 Å². The summed E-state index contributed by atoms with van der Waals surface area (Å²) in [5, 5.41) is 10.3. The van der Waals surface area contributed by atoms with Crippen LogP contribution in [0.1, 0.15) is 52.9 Å². The lowest BCUT2D eigenvalue weighted by molar-refractivity contribution is -0.0226. The summed E-state index contributed by atoms with van der Waals surface area (Å²) < 4.78 is 0. The van der Waals surface area contributed by atoms with Gasteiger partial charge in [0.1, 0.15) is 0 Å². The average Bonchev–Trinajstić information content (AvgIpc) is 2.16. The molecule has 90 valence electrons. The molecule has 0 amide bonds. The normalized spacial score (nSPS) is 34.4. The summed E-state index contributed by atoms with van der Waals surface area (Å²) in [4.78, 5) is 0. The van der Waals surface area contributed by atoms with E-state index in [1.165, 1.54) is 12.8 Å². The summed E-state index contributed by atoms with van der Waals surface area (Å²) in [6.07, 6.45) is 5.44. The maximum Gasteiger partial charge on any atom is 0.0611 e. The van der Waals surface area contributed by atoms with Crippen molar-refractivity contribution in [1.29, 1.82) is 0 Å². The number of aliphatic hydroxyl groups excluding tert-OH is 1. The third kappa shape index (κ3) is 3.18. The zero-order valence-corrected chi connectivity index (χ0v) is 10.5. The van der Waals surface area contributed by atoms with Crippen molar-refractivity contribution >= 4 is 0 Å². The van der Waals surface area contributed by atoms with Crippen LogP contribution in [-0.2, 0) is 0 Å². The van der Waals surface area contributed by atoms with Crippen LogP contribution in [0.5, 0.6) is 0 Å². The van der Waals surface area contributed by atoms with Crippen LogP contribution in [0.2, 0.25) is 0 Å². The molecule has 0 aromatic carbocycles. The van der Waals surface area contributed by atoms with Crippen LogP contribution in [0.15, 0.2) is 0 Å². The van der Waals surface area contributed by atoms with Crippen LogP contribution in [0.25, 0.3) is 0 Å². The molecule has 0 aliphatic heterocycles. The highest BCUT2D eigenvalue weighted by atomic mass is 16.3. The summed E-state index contributed by atoms with van der Waals surface area (Å²) in [7, 11) is 0. The lowest BCUT2D eigenvalue weighted by Gasteiger charge is -2.43. The SMILES string of the molecule is CC(C)CC(O)C1(CN)CCCC(C)C1. The van der Waals surface area contributed by atoms with Gasteiger partial charge in [-0.3, -0.25) is 0 Å². The van der Waals surface area contributed by atoms with Crippen molar-refractivity contribution in [3.8, 4) is 0 Å². The molecule has 2 nitrogen and oxygen atoms in total. The quantitative estimate of drug-likeness (QED) is 0.754. The van der Waals surface area contributed by atoms with Crippen LogP contribution in [0.3, 0.4) is 0 Å². The molecule has 3 unspecified atom stereocenters. The van der Waals surface area contributed by atoms with E-state index in [-0.39, 0.29) is 11.5 Å². The number of hydrogen-bond acceptors (Lipinski definition) is 2. The molecule has 3 atom stereocenters. The Morgan fingerprint density at radius 2 is 2.13 bits per heavy atom. The second-order valence-electron chi connectivity index (χ2n) is 5.91. The highest BCUT2D eigenvalue weighted by Gasteiger charge is 2.39. The van der Waals surface area contributed by atoms with Crippen molar-refractivity contribution in [2.45, 2.75) is 59.0 Å². The molecule has 0 saturated heterocycles. The van der Waals surface area contributed by atoms with E-state index in [4.69, 9.17) is 5.73 Å². The zero-order valence-electron chi connectivity index (χ0n) is 10.5. The topological polar surface area (TPSA) is 46.2 Å². The van der Waals surface area contributed by atoms with Gasteiger partial charge in [0, 0.05) is 12.0 Å². The second-order valence-corrected chi connectivity index (χ2v) is 5.91. The van der Waals surface area contributed by atoms with Crippen molar-refractivity contribution in [2.75, 3.05) is 6.54 Å². The van der Waals surface area contributed by atoms with E-state index in [2.05, 4.69) is 20.8 Å². The first-order valence-corrected chi connectivity index (χ1v) is 6.38. The smallest absolute Gasteiger partial charge is 0.0611 e. The van der Waals surface area contributed by atoms with E-state index in [1.54, 1.807) is 0 Å². The van der Waals surface area contributed by atoms with Gasteiger partial charge in [-0.2, -0.15) is 0 Å². The summed E-state index contributed by atoms with van der Waals surface area (Å²) >= 11 is 0. The predicted molar refractivity (Wildman–Crippen MR) is 64.6 cm³/mol. The summed E-state index contributed by atoms with van der Waals surface area (Å²) in [5.41, 5.74) is 5.93. The predicted octanol–water partition coefficient (Wildman–Crippen LogP) is 2.55. The summed E-state index contributed by atoms with van der Waals surface area (Å²) in [6, 6.07) is 0. The van der Waals surface area contributed by atoms with Gasteiger partial charge in [-0.05, 0) is 31.1 Å². The third-order valence-electron chi connectivity index (χ3n) is 3.93. The second kappa shape index (κ2) is 5.31. The van der Waals surface area contributed by atoms with Gasteiger partial charge in [-0.1, -0.05) is 33.6 Å². The van der Waals surface area contributed by atoms with Gasteiger partial charge in [-0.25, -0.2) is 0 Å². The Labute approximate surface area is 94.2 Å². The Bertz CT molecular complexity index is 193. The van der Waals surface area contributed by atoms with Crippen molar-refractivity contribution in [3.63, 3.8) is 0 Å². The molecule has 0 heterocycles.